The minimum absolute atomic E-state index is 0.150. The summed E-state index contributed by atoms with van der Waals surface area (Å²) in [5, 5.41) is 4.74. The van der Waals surface area contributed by atoms with E-state index in [0.29, 0.717) is 11.7 Å². The second-order valence-corrected chi connectivity index (χ2v) is 9.21. The summed E-state index contributed by atoms with van der Waals surface area (Å²) in [6.07, 6.45) is 7.23. The third-order valence-electron chi connectivity index (χ3n) is 5.47. The van der Waals surface area contributed by atoms with Crippen molar-refractivity contribution in [1.82, 2.24) is 19.5 Å². The topological polar surface area (TPSA) is 76.9 Å². The van der Waals surface area contributed by atoms with Crippen LogP contribution in [0, 0.1) is 0 Å². The van der Waals surface area contributed by atoms with Gasteiger partial charge in [-0.15, -0.1) is 0 Å². The fraction of sp³-hybridized carbons (Fsp3) is 0.364. The van der Waals surface area contributed by atoms with Crippen molar-refractivity contribution in [3.05, 3.63) is 66.0 Å². The molecule has 4 rings (SSSR count). The Balaban J connectivity index is 1.57. The van der Waals surface area contributed by atoms with Crippen LogP contribution in [0.2, 0.25) is 0 Å². The molecule has 2 aromatic heterocycles. The highest BCUT2D eigenvalue weighted by atomic mass is 32.2. The van der Waals surface area contributed by atoms with Gasteiger partial charge in [-0.1, -0.05) is 38.0 Å². The maximum Gasteiger partial charge on any atom is 0.240 e. The van der Waals surface area contributed by atoms with Crippen molar-refractivity contribution in [2.75, 3.05) is 0 Å². The molecule has 0 aliphatic heterocycles. The number of nitrogens with zero attached hydrogens (tertiary/aromatic N) is 3. The molecule has 29 heavy (non-hydrogen) atoms. The third-order valence-corrected chi connectivity index (χ3v) is 6.89. The van der Waals surface area contributed by atoms with E-state index < -0.39 is 10.0 Å². The quantitative estimate of drug-likeness (QED) is 0.636. The molecule has 1 saturated carbocycles. The van der Waals surface area contributed by atoms with Gasteiger partial charge in [-0.25, -0.2) is 13.1 Å². The zero-order valence-corrected chi connectivity index (χ0v) is 17.4. The normalized spacial score (nSPS) is 15.1. The molecular formula is C22H26N4O2S. The predicted octanol–water partition coefficient (Wildman–Crippen LogP) is 4.10. The van der Waals surface area contributed by atoms with Gasteiger partial charge in [0.15, 0.2) is 0 Å². The molecule has 2 heterocycles. The number of aromatic nitrogens is 3. The molecule has 0 radical (unpaired) electrons. The summed E-state index contributed by atoms with van der Waals surface area (Å²) in [5.74, 6) is 0. The second kappa shape index (κ2) is 8.47. The average Bonchev–Trinajstić information content (AvgIpc) is 3.43. The van der Waals surface area contributed by atoms with E-state index in [9.17, 15) is 8.42 Å². The zero-order chi connectivity index (χ0) is 20.3. The highest BCUT2D eigenvalue weighted by molar-refractivity contribution is 7.89. The first-order valence-corrected chi connectivity index (χ1v) is 11.6. The molecule has 0 bridgehead atoms. The van der Waals surface area contributed by atoms with Crippen molar-refractivity contribution in [3.8, 4) is 11.4 Å². The summed E-state index contributed by atoms with van der Waals surface area (Å²) in [6.45, 7) is 2.19. The highest BCUT2D eigenvalue weighted by Crippen LogP contribution is 2.33. The molecule has 7 heteroatoms. The molecule has 0 spiro atoms. The van der Waals surface area contributed by atoms with Gasteiger partial charge in [0.2, 0.25) is 10.0 Å². The number of pyridine rings is 1. The molecule has 3 aromatic rings. The Morgan fingerprint density at radius 1 is 1.10 bits per heavy atom. The lowest BCUT2D eigenvalue weighted by Crippen LogP contribution is -2.23. The summed E-state index contributed by atoms with van der Waals surface area (Å²) < 4.78 is 30.1. The first-order valence-electron chi connectivity index (χ1n) is 10.2. The first-order chi connectivity index (χ1) is 14.1. The SMILES string of the molecule is CCc1ccc(S(=O)(=O)NCc2cc(-c3ccccn3)n(C3CCCC3)n2)cc1. The Kier molecular flexibility index (Phi) is 5.78. The van der Waals surface area contributed by atoms with E-state index >= 15 is 0 Å². The monoisotopic (exact) mass is 410 g/mol. The van der Waals surface area contributed by atoms with Gasteiger partial charge in [0.1, 0.15) is 0 Å². The smallest absolute Gasteiger partial charge is 0.240 e. The lowest BCUT2D eigenvalue weighted by Gasteiger charge is -2.13. The second-order valence-electron chi connectivity index (χ2n) is 7.44. The molecule has 0 amide bonds. The molecule has 1 aliphatic carbocycles. The Morgan fingerprint density at radius 3 is 2.52 bits per heavy atom. The van der Waals surface area contributed by atoms with E-state index in [1.165, 1.54) is 12.8 Å². The standard InChI is InChI=1S/C22H26N4O2S/c1-2-17-10-12-20(13-11-17)29(27,28)24-16-18-15-22(21-9-5-6-14-23-21)26(25-18)19-7-3-4-8-19/h5-6,9-15,19,24H,2-4,7-8,16H2,1H3. The maximum absolute atomic E-state index is 12.7. The minimum Gasteiger partial charge on any atom is -0.260 e. The third kappa shape index (κ3) is 4.41. The number of benzene rings is 1. The van der Waals surface area contributed by atoms with Crippen LogP contribution in [0.1, 0.15) is 49.9 Å². The lowest BCUT2D eigenvalue weighted by atomic mass is 10.2. The first kappa shape index (κ1) is 19.8. The molecule has 1 aliphatic rings. The summed E-state index contributed by atoms with van der Waals surface area (Å²) in [4.78, 5) is 4.74. The number of aryl methyl sites for hydroxylation is 1. The van der Waals surface area contributed by atoms with Crippen LogP contribution in [0.3, 0.4) is 0 Å². The molecular weight excluding hydrogens is 384 g/mol. The highest BCUT2D eigenvalue weighted by Gasteiger charge is 2.23. The van der Waals surface area contributed by atoms with Crippen LogP contribution in [-0.4, -0.2) is 23.2 Å². The number of rotatable bonds is 7. The lowest BCUT2D eigenvalue weighted by molar-refractivity contribution is 0.466. The largest absolute Gasteiger partial charge is 0.260 e. The van der Waals surface area contributed by atoms with E-state index in [0.717, 1.165) is 36.2 Å². The predicted molar refractivity (Wildman–Crippen MR) is 113 cm³/mol. The van der Waals surface area contributed by atoms with Gasteiger partial charge in [-0.05, 0) is 55.2 Å². The van der Waals surface area contributed by atoms with Crippen LogP contribution in [0.15, 0.2) is 59.6 Å². The van der Waals surface area contributed by atoms with Gasteiger partial charge in [0.05, 0.1) is 34.6 Å². The Bertz CT molecular complexity index is 1050. The minimum atomic E-state index is -3.59. The van der Waals surface area contributed by atoms with Gasteiger partial charge in [-0.3, -0.25) is 9.67 Å². The van der Waals surface area contributed by atoms with Gasteiger partial charge >= 0.3 is 0 Å². The van der Waals surface area contributed by atoms with Gasteiger partial charge in [0.25, 0.3) is 0 Å². The van der Waals surface area contributed by atoms with E-state index in [1.54, 1.807) is 18.3 Å². The van der Waals surface area contributed by atoms with E-state index in [-0.39, 0.29) is 11.4 Å². The number of hydrogen-bond donors (Lipinski definition) is 1. The molecule has 6 nitrogen and oxygen atoms in total. The Labute approximate surface area is 172 Å². The van der Waals surface area contributed by atoms with Crippen LogP contribution in [-0.2, 0) is 23.0 Å². The molecule has 1 fully saturated rings. The number of sulfonamides is 1. The number of hydrogen-bond acceptors (Lipinski definition) is 4. The van der Waals surface area contributed by atoms with Gasteiger partial charge in [-0.2, -0.15) is 5.10 Å². The molecule has 0 unspecified atom stereocenters. The summed E-state index contributed by atoms with van der Waals surface area (Å²) >= 11 is 0. The fourth-order valence-corrected chi connectivity index (χ4v) is 4.82. The Morgan fingerprint density at radius 2 is 1.86 bits per heavy atom. The van der Waals surface area contributed by atoms with Crippen LogP contribution in [0.4, 0.5) is 0 Å². The van der Waals surface area contributed by atoms with E-state index in [4.69, 9.17) is 5.10 Å². The van der Waals surface area contributed by atoms with Crippen molar-refractivity contribution >= 4 is 10.0 Å². The molecule has 152 valence electrons. The molecule has 0 atom stereocenters. The van der Waals surface area contributed by atoms with Crippen molar-refractivity contribution in [2.45, 2.75) is 56.5 Å². The average molecular weight is 411 g/mol. The van der Waals surface area contributed by atoms with E-state index in [1.807, 2.05) is 48.0 Å². The summed E-state index contributed by atoms with van der Waals surface area (Å²) in [6, 6.07) is 15.1. The van der Waals surface area contributed by atoms with Crippen molar-refractivity contribution in [3.63, 3.8) is 0 Å². The van der Waals surface area contributed by atoms with Crippen LogP contribution in [0.5, 0.6) is 0 Å². The van der Waals surface area contributed by atoms with Crippen LogP contribution < -0.4 is 4.72 Å². The summed E-state index contributed by atoms with van der Waals surface area (Å²) in [5.41, 5.74) is 3.61. The van der Waals surface area contributed by atoms with Crippen molar-refractivity contribution in [1.29, 1.82) is 0 Å². The Hall–Kier alpha value is -2.51. The van der Waals surface area contributed by atoms with E-state index in [2.05, 4.69) is 9.71 Å². The number of nitrogens with one attached hydrogen (secondary N) is 1. The fourth-order valence-electron chi connectivity index (χ4n) is 3.82. The summed E-state index contributed by atoms with van der Waals surface area (Å²) in [7, 11) is -3.59. The maximum atomic E-state index is 12.7. The van der Waals surface area contributed by atoms with Gasteiger partial charge in [0, 0.05) is 6.20 Å². The van der Waals surface area contributed by atoms with Crippen molar-refractivity contribution < 1.29 is 8.42 Å². The molecule has 1 aromatic carbocycles. The van der Waals surface area contributed by atoms with Gasteiger partial charge < -0.3 is 0 Å². The van der Waals surface area contributed by atoms with Crippen LogP contribution in [0.25, 0.3) is 11.4 Å². The molecule has 1 N–H and O–H groups in total. The van der Waals surface area contributed by atoms with Crippen molar-refractivity contribution in [2.24, 2.45) is 0 Å². The van der Waals surface area contributed by atoms with Crippen LogP contribution >= 0.6 is 0 Å². The molecule has 0 saturated heterocycles. The zero-order valence-electron chi connectivity index (χ0n) is 16.6.